The zero-order valence-electron chi connectivity index (χ0n) is 12.1. The maximum Gasteiger partial charge on any atom is 0.285 e. The Labute approximate surface area is 135 Å². The zero-order valence-corrected chi connectivity index (χ0v) is 12.9. The Hall–Kier alpha value is -2.06. The lowest BCUT2D eigenvalue weighted by Crippen LogP contribution is -2.46. The Kier molecular flexibility index (Phi) is 4.53. The van der Waals surface area contributed by atoms with Gasteiger partial charge in [-0.05, 0) is 0 Å². The van der Waals surface area contributed by atoms with Crippen LogP contribution in [0.2, 0.25) is 5.02 Å². The summed E-state index contributed by atoms with van der Waals surface area (Å²) < 4.78 is 26.5. The van der Waals surface area contributed by atoms with Gasteiger partial charge in [-0.25, -0.2) is 13.9 Å². The maximum atomic E-state index is 13.6. The van der Waals surface area contributed by atoms with Crippen LogP contribution in [-0.2, 0) is 6.54 Å². The van der Waals surface area contributed by atoms with E-state index >= 15 is 0 Å². The third-order valence-electron chi connectivity index (χ3n) is 3.75. The van der Waals surface area contributed by atoms with Crippen LogP contribution >= 0.6 is 11.6 Å². The molecule has 1 aliphatic heterocycles. The van der Waals surface area contributed by atoms with Crippen molar-refractivity contribution in [2.24, 2.45) is 0 Å². The largest absolute Gasteiger partial charge is 0.366 e. The summed E-state index contributed by atoms with van der Waals surface area (Å²) >= 11 is 5.99. The van der Waals surface area contributed by atoms with Crippen molar-refractivity contribution in [2.45, 2.75) is 6.54 Å². The first-order valence-corrected chi connectivity index (χ1v) is 7.43. The van der Waals surface area contributed by atoms with E-state index < -0.39 is 17.2 Å². The minimum atomic E-state index is -0.687. The average Bonchev–Trinajstić information content (AvgIpc) is 2.54. The number of hydrogen-bond acceptors (Lipinski definition) is 5. The molecule has 122 valence electrons. The molecule has 3 rings (SSSR count). The number of piperazine rings is 1. The highest BCUT2D eigenvalue weighted by atomic mass is 35.5. The van der Waals surface area contributed by atoms with E-state index in [1.165, 1.54) is 6.20 Å². The smallest absolute Gasteiger partial charge is 0.285 e. The van der Waals surface area contributed by atoms with E-state index in [0.717, 1.165) is 12.3 Å². The van der Waals surface area contributed by atoms with Crippen LogP contribution in [0, 0.1) is 11.6 Å². The van der Waals surface area contributed by atoms with E-state index in [2.05, 4.69) is 15.2 Å². The van der Waals surface area contributed by atoms with Gasteiger partial charge in [0.2, 0.25) is 0 Å². The first-order valence-electron chi connectivity index (χ1n) is 7.05. The molecule has 0 saturated carbocycles. The first-order chi connectivity index (χ1) is 11.0. The van der Waals surface area contributed by atoms with Crippen LogP contribution < -0.4 is 10.5 Å². The molecule has 0 radical (unpaired) electrons. The Morgan fingerprint density at radius 3 is 2.65 bits per heavy atom. The lowest BCUT2D eigenvalue weighted by Gasteiger charge is -2.35. The van der Waals surface area contributed by atoms with E-state index in [4.69, 9.17) is 11.6 Å². The average molecular weight is 342 g/mol. The molecule has 0 bridgehead atoms. The molecule has 2 aromatic rings. The fourth-order valence-corrected chi connectivity index (χ4v) is 2.72. The normalized spacial score (nSPS) is 15.9. The molecule has 0 aliphatic carbocycles. The van der Waals surface area contributed by atoms with Gasteiger partial charge in [-0.15, -0.1) is 0 Å². The zero-order chi connectivity index (χ0) is 16.4. The third-order valence-corrected chi connectivity index (χ3v) is 4.11. The number of nitrogens with one attached hydrogen (secondary N) is 1. The Bertz CT molecular complexity index is 761. The van der Waals surface area contributed by atoms with E-state index in [-0.39, 0.29) is 10.7 Å². The van der Waals surface area contributed by atoms with Crippen molar-refractivity contribution < 1.29 is 8.78 Å². The number of aromatic nitrogens is 3. The number of H-pyrrole nitrogens is 1. The highest BCUT2D eigenvalue weighted by Crippen LogP contribution is 2.22. The molecule has 0 amide bonds. The molecule has 1 saturated heterocycles. The van der Waals surface area contributed by atoms with Gasteiger partial charge in [0.25, 0.3) is 5.56 Å². The standard InChI is InChI=1S/C14H14ClF2N5O/c15-13-12(7-19-20-14(13)23)22-3-1-21(2-4-22)8-11-10(17)5-9(16)6-18-11/h5-7H,1-4,8H2,(H,20,23). The van der Waals surface area contributed by atoms with Crippen LogP contribution in [0.25, 0.3) is 0 Å². The minimum absolute atomic E-state index is 0.111. The molecule has 6 nitrogen and oxygen atoms in total. The molecular formula is C14H14ClF2N5O. The highest BCUT2D eigenvalue weighted by Gasteiger charge is 2.21. The fourth-order valence-electron chi connectivity index (χ4n) is 2.51. The van der Waals surface area contributed by atoms with Gasteiger partial charge in [-0.3, -0.25) is 14.7 Å². The summed E-state index contributed by atoms with van der Waals surface area (Å²) in [6, 6.07) is 0.834. The van der Waals surface area contributed by atoms with Gasteiger partial charge in [0.15, 0.2) is 0 Å². The van der Waals surface area contributed by atoms with Crippen LogP contribution in [0.4, 0.5) is 14.5 Å². The summed E-state index contributed by atoms with van der Waals surface area (Å²) in [4.78, 5) is 19.2. The molecule has 1 N–H and O–H groups in total. The first kappa shape index (κ1) is 15.8. The van der Waals surface area contributed by atoms with Gasteiger partial charge in [0.1, 0.15) is 16.7 Å². The second kappa shape index (κ2) is 6.59. The lowest BCUT2D eigenvalue weighted by molar-refractivity contribution is 0.243. The molecule has 0 aromatic carbocycles. The van der Waals surface area contributed by atoms with Crippen molar-refractivity contribution in [3.05, 3.63) is 51.2 Å². The van der Waals surface area contributed by atoms with Crippen LogP contribution in [0.15, 0.2) is 23.3 Å². The van der Waals surface area contributed by atoms with Gasteiger partial charge >= 0.3 is 0 Å². The molecule has 0 spiro atoms. The van der Waals surface area contributed by atoms with E-state index in [9.17, 15) is 13.6 Å². The number of nitrogens with zero attached hydrogens (tertiary/aromatic N) is 4. The second-order valence-electron chi connectivity index (χ2n) is 5.24. The van der Waals surface area contributed by atoms with E-state index in [1.54, 1.807) is 0 Å². The topological polar surface area (TPSA) is 65.1 Å². The van der Waals surface area contributed by atoms with Gasteiger partial charge in [-0.1, -0.05) is 11.6 Å². The fraction of sp³-hybridized carbons (Fsp3) is 0.357. The molecule has 3 heterocycles. The SMILES string of the molecule is O=c1[nH]ncc(N2CCN(Cc3ncc(F)cc3F)CC2)c1Cl. The molecule has 23 heavy (non-hydrogen) atoms. The Morgan fingerprint density at radius 2 is 1.96 bits per heavy atom. The second-order valence-corrected chi connectivity index (χ2v) is 5.62. The number of halogens is 3. The third kappa shape index (κ3) is 3.48. The summed E-state index contributed by atoms with van der Waals surface area (Å²) in [5.41, 5.74) is 0.376. The summed E-state index contributed by atoms with van der Waals surface area (Å²) in [5, 5.41) is 6.14. The maximum absolute atomic E-state index is 13.6. The van der Waals surface area contributed by atoms with Crippen LogP contribution in [0.5, 0.6) is 0 Å². The van der Waals surface area contributed by atoms with Crippen molar-refractivity contribution in [3.63, 3.8) is 0 Å². The van der Waals surface area contributed by atoms with Gasteiger partial charge in [-0.2, -0.15) is 5.10 Å². The van der Waals surface area contributed by atoms with Crippen molar-refractivity contribution in [3.8, 4) is 0 Å². The van der Waals surface area contributed by atoms with Crippen LogP contribution in [0.3, 0.4) is 0 Å². The quantitative estimate of drug-likeness (QED) is 0.914. The van der Waals surface area contributed by atoms with Crippen molar-refractivity contribution in [2.75, 3.05) is 31.1 Å². The Morgan fingerprint density at radius 1 is 1.22 bits per heavy atom. The predicted octanol–water partition coefficient (Wildman–Crippen LogP) is 1.42. The van der Waals surface area contributed by atoms with Crippen LogP contribution in [-0.4, -0.2) is 46.3 Å². The summed E-state index contributed by atoms with van der Waals surface area (Å²) in [5.74, 6) is -1.33. The van der Waals surface area contributed by atoms with E-state index in [0.29, 0.717) is 38.4 Å². The van der Waals surface area contributed by atoms with Crippen molar-refractivity contribution in [1.82, 2.24) is 20.1 Å². The molecule has 9 heteroatoms. The van der Waals surface area contributed by atoms with Crippen LogP contribution in [0.1, 0.15) is 5.69 Å². The number of rotatable bonds is 3. The molecular weight excluding hydrogens is 328 g/mol. The van der Waals surface area contributed by atoms with Gasteiger partial charge in [0, 0.05) is 38.8 Å². The van der Waals surface area contributed by atoms with E-state index in [1.807, 2.05) is 9.80 Å². The summed E-state index contributed by atoms with van der Waals surface area (Å²) in [7, 11) is 0. The number of hydrogen-bond donors (Lipinski definition) is 1. The minimum Gasteiger partial charge on any atom is -0.366 e. The molecule has 2 aromatic heterocycles. The van der Waals surface area contributed by atoms with Gasteiger partial charge in [0.05, 0.1) is 23.8 Å². The molecule has 0 atom stereocenters. The van der Waals surface area contributed by atoms with Crippen molar-refractivity contribution >= 4 is 17.3 Å². The predicted molar refractivity (Wildman–Crippen MR) is 81.5 cm³/mol. The summed E-state index contributed by atoms with van der Waals surface area (Å²) in [6.45, 7) is 2.83. The molecule has 0 unspecified atom stereocenters. The number of pyridine rings is 1. The summed E-state index contributed by atoms with van der Waals surface area (Å²) in [6.07, 6.45) is 2.52. The Balaban J connectivity index is 1.64. The molecule has 1 aliphatic rings. The number of aromatic amines is 1. The lowest BCUT2D eigenvalue weighted by atomic mass is 10.2. The highest BCUT2D eigenvalue weighted by molar-refractivity contribution is 6.32. The monoisotopic (exact) mass is 341 g/mol. The molecule has 1 fully saturated rings. The van der Waals surface area contributed by atoms with Crippen molar-refractivity contribution in [1.29, 1.82) is 0 Å². The number of anilines is 1. The van der Waals surface area contributed by atoms with Gasteiger partial charge < -0.3 is 4.90 Å².